The second kappa shape index (κ2) is 4.97. The van der Waals surface area contributed by atoms with E-state index in [-0.39, 0.29) is 20.1 Å². The number of hydrogen-bond acceptors (Lipinski definition) is 4. The molecule has 1 N–H and O–H groups in total. The fourth-order valence-electron chi connectivity index (χ4n) is 1.84. The first-order valence-electron chi connectivity index (χ1n) is 5.03. The van der Waals surface area contributed by atoms with Crippen LogP contribution in [0.4, 0.5) is 0 Å². The number of hydrogen-bond donors (Lipinski definition) is 1. The van der Waals surface area contributed by atoms with Gasteiger partial charge in [0.2, 0.25) is 0 Å². The Hall–Kier alpha value is -0.340. The molecule has 0 aliphatic carbocycles. The molecule has 9 heteroatoms. The maximum Gasteiger partial charge on any atom is 0.322 e. The van der Waals surface area contributed by atoms with Crippen LogP contribution in [-0.2, 0) is 14.8 Å². The molecular formula is C9H9Cl2NO4S2. The van der Waals surface area contributed by atoms with Crippen molar-refractivity contribution in [1.29, 1.82) is 0 Å². The van der Waals surface area contributed by atoms with E-state index in [2.05, 4.69) is 0 Å². The van der Waals surface area contributed by atoms with E-state index in [0.29, 0.717) is 12.8 Å². The first-order valence-corrected chi connectivity index (χ1v) is 8.05. The molecule has 0 bridgehead atoms. The number of carboxylic acids is 1. The molecule has 0 spiro atoms. The number of aliphatic carboxylic acids is 1. The van der Waals surface area contributed by atoms with Crippen LogP contribution in [0, 0.1) is 0 Å². The van der Waals surface area contributed by atoms with Crippen molar-refractivity contribution in [1.82, 2.24) is 4.31 Å². The summed E-state index contributed by atoms with van der Waals surface area (Å²) in [6.07, 6.45) is 0.852. The van der Waals surface area contributed by atoms with Gasteiger partial charge in [0, 0.05) is 6.54 Å². The van der Waals surface area contributed by atoms with Gasteiger partial charge in [0.25, 0.3) is 10.0 Å². The minimum Gasteiger partial charge on any atom is -0.480 e. The van der Waals surface area contributed by atoms with Crippen molar-refractivity contribution in [2.75, 3.05) is 6.54 Å². The van der Waals surface area contributed by atoms with Gasteiger partial charge in [-0.2, -0.15) is 4.31 Å². The van der Waals surface area contributed by atoms with Crippen LogP contribution in [-0.4, -0.2) is 36.4 Å². The molecular weight excluding hydrogens is 321 g/mol. The molecule has 1 aliphatic rings. The Morgan fingerprint density at radius 2 is 2.17 bits per heavy atom. The molecule has 1 aliphatic heterocycles. The molecule has 1 aromatic heterocycles. The summed E-state index contributed by atoms with van der Waals surface area (Å²) in [6.45, 7) is 0.201. The predicted molar refractivity (Wildman–Crippen MR) is 68.9 cm³/mol. The lowest BCUT2D eigenvalue weighted by Gasteiger charge is -2.19. The van der Waals surface area contributed by atoms with E-state index in [9.17, 15) is 13.2 Å². The number of sulfonamides is 1. The second-order valence-electron chi connectivity index (χ2n) is 3.80. The fourth-order valence-corrected chi connectivity index (χ4v) is 5.51. The van der Waals surface area contributed by atoms with Gasteiger partial charge < -0.3 is 5.11 Å². The summed E-state index contributed by atoms with van der Waals surface area (Å²) in [7, 11) is -3.83. The lowest BCUT2D eigenvalue weighted by atomic mass is 10.2. The van der Waals surface area contributed by atoms with Crippen LogP contribution in [0.1, 0.15) is 12.8 Å². The molecule has 0 unspecified atom stereocenters. The third kappa shape index (κ3) is 2.37. The Kier molecular flexibility index (Phi) is 3.89. The number of carboxylic acid groups (broad SMARTS) is 1. The van der Waals surface area contributed by atoms with E-state index >= 15 is 0 Å². The van der Waals surface area contributed by atoms with Gasteiger partial charge in [0.15, 0.2) is 0 Å². The smallest absolute Gasteiger partial charge is 0.322 e. The molecule has 0 amide bonds. The predicted octanol–water partition coefficient (Wildman–Crippen LogP) is 2.29. The van der Waals surface area contributed by atoms with Gasteiger partial charge in [-0.1, -0.05) is 23.2 Å². The first kappa shape index (κ1) is 14.1. The quantitative estimate of drug-likeness (QED) is 0.923. The highest BCUT2D eigenvalue weighted by Gasteiger charge is 2.40. The highest BCUT2D eigenvalue weighted by atomic mass is 35.5. The van der Waals surface area contributed by atoms with E-state index in [1.807, 2.05) is 0 Å². The summed E-state index contributed by atoms with van der Waals surface area (Å²) in [5.41, 5.74) is 0. The Morgan fingerprint density at radius 1 is 1.50 bits per heavy atom. The molecule has 0 aromatic carbocycles. The van der Waals surface area contributed by atoms with Crippen LogP contribution in [0.15, 0.2) is 10.3 Å². The van der Waals surface area contributed by atoms with E-state index in [0.717, 1.165) is 15.6 Å². The van der Waals surface area contributed by atoms with Crippen molar-refractivity contribution < 1.29 is 18.3 Å². The average Bonchev–Trinajstić information content (AvgIpc) is 2.87. The topological polar surface area (TPSA) is 74.7 Å². The summed E-state index contributed by atoms with van der Waals surface area (Å²) in [6, 6.07) is 0.246. The van der Waals surface area contributed by atoms with E-state index in [1.54, 1.807) is 0 Å². The molecule has 1 aromatic rings. The molecule has 100 valence electrons. The van der Waals surface area contributed by atoms with Gasteiger partial charge in [0.1, 0.15) is 14.6 Å². The lowest BCUT2D eigenvalue weighted by molar-refractivity contribution is -0.140. The van der Waals surface area contributed by atoms with Gasteiger partial charge >= 0.3 is 5.97 Å². The van der Waals surface area contributed by atoms with Crippen molar-refractivity contribution in [3.05, 3.63) is 15.4 Å². The highest BCUT2D eigenvalue weighted by Crippen LogP contribution is 2.37. The zero-order valence-electron chi connectivity index (χ0n) is 8.97. The molecule has 0 radical (unpaired) electrons. The van der Waals surface area contributed by atoms with E-state index in [1.165, 1.54) is 6.07 Å². The lowest BCUT2D eigenvalue weighted by Crippen LogP contribution is -2.40. The summed E-state index contributed by atoms with van der Waals surface area (Å²) in [5, 5.41) is 9.16. The van der Waals surface area contributed by atoms with Crippen LogP contribution < -0.4 is 0 Å². The minimum atomic E-state index is -3.83. The van der Waals surface area contributed by atoms with Crippen LogP contribution in [0.5, 0.6) is 0 Å². The summed E-state index contributed by atoms with van der Waals surface area (Å²) >= 11 is 12.3. The van der Waals surface area contributed by atoms with E-state index < -0.39 is 22.0 Å². The van der Waals surface area contributed by atoms with Crippen molar-refractivity contribution in [3.63, 3.8) is 0 Å². The van der Waals surface area contributed by atoms with Crippen molar-refractivity contribution in [2.24, 2.45) is 0 Å². The number of nitrogens with zero attached hydrogens (tertiary/aromatic N) is 1. The summed E-state index contributed by atoms with van der Waals surface area (Å²) in [5.74, 6) is -1.13. The Bertz CT molecular complexity index is 564. The first-order chi connectivity index (χ1) is 8.34. The van der Waals surface area contributed by atoms with Crippen molar-refractivity contribution in [3.8, 4) is 0 Å². The number of thiophene rings is 1. The van der Waals surface area contributed by atoms with Crippen LogP contribution >= 0.6 is 34.5 Å². The zero-order valence-corrected chi connectivity index (χ0v) is 12.1. The fraction of sp³-hybridized carbons (Fsp3) is 0.444. The van der Waals surface area contributed by atoms with Gasteiger partial charge in [0.05, 0.1) is 5.02 Å². The molecule has 2 heterocycles. The SMILES string of the molecule is O=C(O)[C@@H]1CCCN1S(=O)(=O)c1cc(Cl)c(Cl)s1. The van der Waals surface area contributed by atoms with Gasteiger partial charge in [-0.05, 0) is 18.9 Å². The normalized spacial score (nSPS) is 21.3. The maximum absolute atomic E-state index is 12.3. The molecule has 18 heavy (non-hydrogen) atoms. The van der Waals surface area contributed by atoms with Crippen LogP contribution in [0.3, 0.4) is 0 Å². The van der Waals surface area contributed by atoms with Gasteiger partial charge in [-0.15, -0.1) is 11.3 Å². The largest absolute Gasteiger partial charge is 0.480 e. The number of carbonyl (C=O) groups is 1. The van der Waals surface area contributed by atoms with Crippen LogP contribution in [0.25, 0.3) is 0 Å². The van der Waals surface area contributed by atoms with Gasteiger partial charge in [-0.25, -0.2) is 8.42 Å². The monoisotopic (exact) mass is 329 g/mol. The molecule has 1 atom stereocenters. The molecule has 0 saturated carbocycles. The zero-order chi connectivity index (χ0) is 13.5. The molecule has 5 nitrogen and oxygen atoms in total. The van der Waals surface area contributed by atoms with Crippen LogP contribution in [0.2, 0.25) is 9.36 Å². The number of halogens is 2. The van der Waals surface area contributed by atoms with Gasteiger partial charge in [-0.3, -0.25) is 4.79 Å². The maximum atomic E-state index is 12.3. The van der Waals surface area contributed by atoms with Crippen molar-refractivity contribution in [2.45, 2.75) is 23.1 Å². The van der Waals surface area contributed by atoms with E-state index in [4.69, 9.17) is 28.3 Å². The Labute approximate surface area is 118 Å². The average molecular weight is 330 g/mol. The highest BCUT2D eigenvalue weighted by molar-refractivity contribution is 7.91. The third-order valence-corrected chi connectivity index (χ3v) is 6.90. The molecule has 1 saturated heterocycles. The second-order valence-corrected chi connectivity index (χ2v) is 7.98. The summed E-state index contributed by atoms with van der Waals surface area (Å²) < 4.78 is 25.7. The molecule has 2 rings (SSSR count). The Balaban J connectivity index is 2.39. The number of rotatable bonds is 3. The Morgan fingerprint density at radius 3 is 2.67 bits per heavy atom. The minimum absolute atomic E-state index is 0.0225. The molecule has 1 fully saturated rings. The standard InChI is InChI=1S/C9H9Cl2NO4S2/c10-5-4-7(17-8(5)11)18(15,16)12-3-1-2-6(12)9(13)14/h4,6H,1-3H2,(H,13,14)/t6-/m0/s1. The summed E-state index contributed by atoms with van der Waals surface area (Å²) in [4.78, 5) is 11.0. The van der Waals surface area contributed by atoms with Crippen molar-refractivity contribution >= 4 is 50.5 Å². The third-order valence-electron chi connectivity index (χ3n) is 2.67.